The Morgan fingerprint density at radius 3 is 2.48 bits per heavy atom. The molecule has 0 spiro atoms. The number of benzene rings is 2. The van der Waals surface area contributed by atoms with E-state index in [0.29, 0.717) is 0 Å². The lowest BCUT2D eigenvalue weighted by molar-refractivity contribution is 0.460. The zero-order chi connectivity index (χ0) is 22.5. The summed E-state index contributed by atoms with van der Waals surface area (Å²) in [5, 5.41) is 16.5. The van der Waals surface area contributed by atoms with Gasteiger partial charge in [-0.3, -0.25) is 5.01 Å². The van der Waals surface area contributed by atoms with Crippen molar-refractivity contribution in [2.75, 3.05) is 12.4 Å². The number of halogens is 2. The SMILES string of the molecule is CN1N=C(c2cc3cc(Cl)ccc3[nH]2)S/C1=C1\CCCCC1Nc1cc2cc(Cl)ccc2[nH]1. The molecule has 3 heterocycles. The van der Waals surface area contributed by atoms with Crippen LogP contribution in [0, 0.1) is 0 Å². The molecule has 168 valence electrons. The van der Waals surface area contributed by atoms with E-state index in [1.165, 1.54) is 23.4 Å². The highest BCUT2D eigenvalue weighted by Gasteiger charge is 2.30. The lowest BCUT2D eigenvalue weighted by Gasteiger charge is -2.29. The Morgan fingerprint density at radius 1 is 0.970 bits per heavy atom. The Morgan fingerprint density at radius 2 is 1.70 bits per heavy atom. The topological polar surface area (TPSA) is 59.2 Å². The van der Waals surface area contributed by atoms with E-state index < -0.39 is 0 Å². The first-order valence-corrected chi connectivity index (χ1v) is 12.7. The minimum atomic E-state index is 0.267. The van der Waals surface area contributed by atoms with Crippen molar-refractivity contribution >= 4 is 67.6 Å². The van der Waals surface area contributed by atoms with E-state index in [0.717, 1.165) is 61.2 Å². The van der Waals surface area contributed by atoms with Gasteiger partial charge in [0.1, 0.15) is 10.9 Å². The number of H-pyrrole nitrogens is 2. The fourth-order valence-corrected chi connectivity index (χ4v) is 6.23. The maximum absolute atomic E-state index is 6.17. The Balaban J connectivity index is 1.29. The largest absolute Gasteiger partial charge is 0.365 e. The van der Waals surface area contributed by atoms with Crippen LogP contribution in [0.3, 0.4) is 0 Å². The smallest absolute Gasteiger partial charge is 0.146 e. The standard InChI is InChI=1S/C25H23Cl2N5S/c1-32-25(33-24(31-32)22-12-14-10-16(26)6-8-19(14)28-22)18-4-2-3-5-21(18)30-23-13-15-11-17(27)7-9-20(15)29-23/h6-13,21,28-30H,2-5H2,1H3/b25-18+. The highest BCUT2D eigenvalue weighted by molar-refractivity contribution is 8.17. The molecular weight excluding hydrogens is 473 g/mol. The van der Waals surface area contributed by atoms with Crippen LogP contribution in [0.5, 0.6) is 0 Å². The molecule has 3 N–H and O–H groups in total. The quantitative estimate of drug-likeness (QED) is 0.274. The molecule has 6 rings (SSSR count). The molecule has 0 amide bonds. The molecule has 1 aliphatic heterocycles. The molecule has 0 saturated heterocycles. The predicted molar refractivity (Wildman–Crippen MR) is 141 cm³/mol. The first kappa shape index (κ1) is 21.0. The van der Waals surface area contributed by atoms with Gasteiger partial charge in [-0.1, -0.05) is 29.6 Å². The Bertz CT molecular complexity index is 1430. The molecule has 8 heteroatoms. The van der Waals surface area contributed by atoms with Crippen molar-refractivity contribution in [2.24, 2.45) is 5.10 Å². The molecule has 0 radical (unpaired) electrons. The molecule has 1 atom stereocenters. The summed E-state index contributed by atoms with van der Waals surface area (Å²) in [6, 6.07) is 16.4. The number of thioether (sulfide) groups is 1. The number of hydrazone groups is 1. The summed E-state index contributed by atoms with van der Waals surface area (Å²) in [6.45, 7) is 0. The number of aromatic nitrogens is 2. The highest BCUT2D eigenvalue weighted by Crippen LogP contribution is 2.40. The summed E-state index contributed by atoms with van der Waals surface area (Å²) in [5.41, 5.74) is 4.59. The van der Waals surface area contributed by atoms with Crippen LogP contribution in [0.1, 0.15) is 31.4 Å². The van der Waals surface area contributed by atoms with E-state index in [-0.39, 0.29) is 6.04 Å². The van der Waals surface area contributed by atoms with Crippen LogP contribution in [0.4, 0.5) is 5.82 Å². The number of nitrogens with zero attached hydrogens (tertiary/aromatic N) is 2. The Hall–Kier alpha value is -2.54. The molecule has 1 fully saturated rings. The van der Waals surface area contributed by atoms with E-state index in [2.05, 4.69) is 27.4 Å². The lowest BCUT2D eigenvalue weighted by Crippen LogP contribution is -2.28. The third-order valence-corrected chi connectivity index (χ3v) is 8.02. The van der Waals surface area contributed by atoms with Gasteiger partial charge in [-0.2, -0.15) is 5.10 Å². The normalized spacial score (nSPS) is 21.2. The summed E-state index contributed by atoms with van der Waals surface area (Å²) in [7, 11) is 2.04. The first-order valence-electron chi connectivity index (χ1n) is 11.1. The van der Waals surface area contributed by atoms with Crippen molar-refractivity contribution in [3.05, 3.63) is 74.9 Å². The minimum Gasteiger partial charge on any atom is -0.365 e. The maximum atomic E-state index is 6.17. The Labute approximate surface area is 206 Å². The van der Waals surface area contributed by atoms with Crippen molar-refractivity contribution in [3.8, 4) is 0 Å². The van der Waals surface area contributed by atoms with Crippen LogP contribution in [-0.2, 0) is 0 Å². The molecular formula is C25H23Cl2N5S. The molecule has 1 unspecified atom stereocenters. The molecule has 0 bridgehead atoms. The molecule has 33 heavy (non-hydrogen) atoms. The van der Waals surface area contributed by atoms with Crippen molar-refractivity contribution in [2.45, 2.75) is 31.7 Å². The number of anilines is 1. The minimum absolute atomic E-state index is 0.267. The fourth-order valence-electron chi connectivity index (χ4n) is 4.76. The number of nitrogens with one attached hydrogen (secondary N) is 3. The number of fused-ring (bicyclic) bond motifs is 2. The molecule has 1 aliphatic carbocycles. The van der Waals surface area contributed by atoms with Crippen molar-refractivity contribution < 1.29 is 0 Å². The van der Waals surface area contributed by atoms with Crippen LogP contribution in [-0.4, -0.2) is 33.1 Å². The van der Waals surface area contributed by atoms with E-state index in [1.54, 1.807) is 11.8 Å². The predicted octanol–water partition coefficient (Wildman–Crippen LogP) is 7.56. The van der Waals surface area contributed by atoms with Gasteiger partial charge in [-0.05, 0) is 85.1 Å². The van der Waals surface area contributed by atoms with Gasteiger partial charge in [0, 0.05) is 38.9 Å². The molecule has 1 saturated carbocycles. The van der Waals surface area contributed by atoms with Gasteiger partial charge >= 0.3 is 0 Å². The van der Waals surface area contributed by atoms with Gasteiger partial charge in [0.2, 0.25) is 0 Å². The summed E-state index contributed by atoms with van der Waals surface area (Å²) in [4.78, 5) is 6.98. The lowest BCUT2D eigenvalue weighted by atomic mass is 9.90. The maximum Gasteiger partial charge on any atom is 0.146 e. The first-order chi connectivity index (χ1) is 16.0. The van der Waals surface area contributed by atoms with Crippen LogP contribution in [0.2, 0.25) is 10.0 Å². The average Bonchev–Trinajstić information content (AvgIpc) is 3.49. The third-order valence-electron chi connectivity index (χ3n) is 6.34. The van der Waals surface area contributed by atoms with E-state index in [9.17, 15) is 0 Å². The monoisotopic (exact) mass is 495 g/mol. The molecule has 2 aromatic heterocycles. The third kappa shape index (κ3) is 4.01. The van der Waals surface area contributed by atoms with Crippen molar-refractivity contribution in [3.63, 3.8) is 0 Å². The van der Waals surface area contributed by atoms with Gasteiger partial charge in [-0.15, -0.1) is 0 Å². The van der Waals surface area contributed by atoms with E-state index in [4.69, 9.17) is 28.3 Å². The molecule has 2 aromatic carbocycles. The van der Waals surface area contributed by atoms with Crippen LogP contribution in [0.25, 0.3) is 21.8 Å². The second-order valence-electron chi connectivity index (χ2n) is 8.63. The van der Waals surface area contributed by atoms with E-state index >= 15 is 0 Å². The zero-order valence-electron chi connectivity index (χ0n) is 18.1. The number of aromatic amines is 2. The van der Waals surface area contributed by atoms with Gasteiger partial charge in [0.15, 0.2) is 0 Å². The van der Waals surface area contributed by atoms with E-state index in [1.807, 2.05) is 48.5 Å². The van der Waals surface area contributed by atoms with Crippen molar-refractivity contribution in [1.29, 1.82) is 0 Å². The molecule has 5 nitrogen and oxygen atoms in total. The van der Waals surface area contributed by atoms with Crippen LogP contribution < -0.4 is 5.32 Å². The Kier molecular flexibility index (Phi) is 5.32. The fraction of sp³-hybridized carbons (Fsp3) is 0.240. The second kappa shape index (κ2) is 8.35. The second-order valence-corrected chi connectivity index (χ2v) is 10.5. The molecule has 2 aliphatic rings. The summed E-state index contributed by atoms with van der Waals surface area (Å²) in [5.74, 6) is 1.02. The van der Waals surface area contributed by atoms with Gasteiger partial charge in [-0.25, -0.2) is 0 Å². The van der Waals surface area contributed by atoms with Gasteiger partial charge in [0.25, 0.3) is 0 Å². The number of hydrogen-bond acceptors (Lipinski definition) is 4. The summed E-state index contributed by atoms with van der Waals surface area (Å²) < 4.78 is 0. The van der Waals surface area contributed by atoms with Gasteiger partial charge < -0.3 is 15.3 Å². The van der Waals surface area contributed by atoms with Crippen LogP contribution >= 0.6 is 35.0 Å². The van der Waals surface area contributed by atoms with Crippen LogP contribution in [0.15, 0.2) is 64.2 Å². The zero-order valence-corrected chi connectivity index (χ0v) is 20.4. The summed E-state index contributed by atoms with van der Waals surface area (Å²) >= 11 is 14.1. The van der Waals surface area contributed by atoms with Gasteiger partial charge in [0.05, 0.1) is 16.8 Å². The highest BCUT2D eigenvalue weighted by atomic mass is 35.5. The van der Waals surface area contributed by atoms with Crippen molar-refractivity contribution in [1.82, 2.24) is 15.0 Å². The molecule has 4 aromatic rings. The summed E-state index contributed by atoms with van der Waals surface area (Å²) in [6.07, 6.45) is 4.59. The number of rotatable bonds is 3. The number of hydrogen-bond donors (Lipinski definition) is 3. The average molecular weight is 496 g/mol.